The highest BCUT2D eigenvalue weighted by atomic mass is 32.1. The number of carbonyl (C=O) groups excluding carboxylic acids is 3. The Balaban J connectivity index is 4.26. The van der Waals surface area contributed by atoms with E-state index in [0.29, 0.717) is 19.4 Å². The van der Waals surface area contributed by atoms with E-state index in [-0.39, 0.29) is 11.7 Å². The molecule has 0 aromatic heterocycles. The summed E-state index contributed by atoms with van der Waals surface area (Å²) in [6, 6.07) is -1.92. The molecule has 0 aliphatic rings. The van der Waals surface area contributed by atoms with Gasteiger partial charge in [0.2, 0.25) is 11.7 Å². The van der Waals surface area contributed by atoms with Crippen LogP contribution in [0.2, 0.25) is 0 Å². The first-order valence-corrected chi connectivity index (χ1v) is 6.48. The number of hydrogen-bond acceptors (Lipinski definition) is 6. The number of hydrogen-bond donors (Lipinski definition) is 6. The van der Waals surface area contributed by atoms with Crippen molar-refractivity contribution in [3.05, 3.63) is 0 Å². The maximum absolute atomic E-state index is 11.7. The van der Waals surface area contributed by atoms with Crippen LogP contribution in [-0.4, -0.2) is 47.9 Å². The molecule has 114 valence electrons. The summed E-state index contributed by atoms with van der Waals surface area (Å²) in [6.45, 7) is 0.347. The fourth-order valence-electron chi connectivity index (χ4n) is 1.30. The molecule has 0 radical (unpaired) electrons. The van der Waals surface area contributed by atoms with Crippen LogP contribution in [0.1, 0.15) is 12.8 Å². The van der Waals surface area contributed by atoms with Gasteiger partial charge in [-0.3, -0.25) is 19.4 Å². The normalized spacial score (nSPS) is 13.1. The van der Waals surface area contributed by atoms with Crippen molar-refractivity contribution in [1.82, 2.24) is 5.32 Å². The van der Waals surface area contributed by atoms with Crippen molar-refractivity contribution in [3.63, 3.8) is 0 Å². The first kappa shape index (κ1) is 18.2. The molecule has 2 amide bonds. The number of carbonyl (C=O) groups is 3. The third-order valence-corrected chi connectivity index (χ3v) is 2.73. The topological polar surface area (TPSA) is 180 Å². The molecule has 0 saturated carbocycles. The third-order valence-electron chi connectivity index (χ3n) is 2.36. The summed E-state index contributed by atoms with van der Waals surface area (Å²) in [7, 11) is 0. The summed E-state index contributed by atoms with van der Waals surface area (Å²) in [6.07, 6.45) is 0.828. The van der Waals surface area contributed by atoms with Gasteiger partial charge in [-0.05, 0) is 12.8 Å². The highest BCUT2D eigenvalue weighted by Crippen LogP contribution is 1.98. The number of Topliss-reactive ketones (excluding diaryl/α,β-unsaturated/α-hetero) is 1. The van der Waals surface area contributed by atoms with Crippen LogP contribution in [0.4, 0.5) is 0 Å². The van der Waals surface area contributed by atoms with E-state index in [9.17, 15) is 14.4 Å². The first-order chi connectivity index (χ1) is 9.29. The van der Waals surface area contributed by atoms with Crippen molar-refractivity contribution in [2.75, 3.05) is 12.3 Å². The Labute approximate surface area is 121 Å². The summed E-state index contributed by atoms with van der Waals surface area (Å²) >= 11 is 3.87. The van der Waals surface area contributed by atoms with E-state index in [0.717, 1.165) is 0 Å². The SMILES string of the molecule is NC(=O)C(=O)[C@H](CS)NC(=O)[C@@H](N)CCCN=C(N)N. The molecule has 9 N–H and O–H groups in total. The maximum Gasteiger partial charge on any atom is 0.287 e. The van der Waals surface area contributed by atoms with Crippen LogP contribution in [0, 0.1) is 0 Å². The molecule has 0 bridgehead atoms. The molecule has 0 spiro atoms. The molecular formula is C10H20N6O3S. The van der Waals surface area contributed by atoms with Crippen molar-refractivity contribution < 1.29 is 14.4 Å². The zero-order valence-corrected chi connectivity index (χ0v) is 11.8. The van der Waals surface area contributed by atoms with Crippen LogP contribution in [0.5, 0.6) is 0 Å². The van der Waals surface area contributed by atoms with Crippen LogP contribution in [0.3, 0.4) is 0 Å². The average Bonchev–Trinajstić information content (AvgIpc) is 2.39. The minimum atomic E-state index is -1.13. The van der Waals surface area contributed by atoms with Crippen LogP contribution in [-0.2, 0) is 14.4 Å². The number of nitrogens with one attached hydrogen (secondary N) is 1. The summed E-state index contributed by atoms with van der Waals surface area (Å²) in [4.78, 5) is 37.5. The lowest BCUT2D eigenvalue weighted by Gasteiger charge is -2.17. The number of rotatable bonds is 9. The molecule has 9 nitrogen and oxygen atoms in total. The second-order valence-electron chi connectivity index (χ2n) is 4.03. The Morgan fingerprint density at radius 3 is 2.25 bits per heavy atom. The molecule has 0 heterocycles. The molecule has 0 fully saturated rings. The number of guanidine groups is 1. The number of amides is 2. The number of primary amides is 1. The highest BCUT2D eigenvalue weighted by Gasteiger charge is 2.25. The van der Waals surface area contributed by atoms with Crippen molar-refractivity contribution >= 4 is 36.2 Å². The first-order valence-electron chi connectivity index (χ1n) is 5.85. The molecule has 0 aliphatic heterocycles. The van der Waals surface area contributed by atoms with Crippen LogP contribution < -0.4 is 28.3 Å². The predicted octanol–water partition coefficient (Wildman–Crippen LogP) is -3.16. The summed E-state index contributed by atoms with van der Waals surface area (Å²) in [5, 5.41) is 2.32. The van der Waals surface area contributed by atoms with E-state index >= 15 is 0 Å². The van der Waals surface area contributed by atoms with Gasteiger partial charge in [-0.1, -0.05) is 0 Å². The largest absolute Gasteiger partial charge is 0.370 e. The lowest BCUT2D eigenvalue weighted by atomic mass is 10.1. The Morgan fingerprint density at radius 1 is 1.20 bits per heavy atom. The molecule has 2 atom stereocenters. The van der Waals surface area contributed by atoms with Gasteiger partial charge in [0, 0.05) is 12.3 Å². The van der Waals surface area contributed by atoms with Crippen LogP contribution in [0.15, 0.2) is 4.99 Å². The van der Waals surface area contributed by atoms with E-state index in [1.54, 1.807) is 0 Å². The molecule has 0 unspecified atom stereocenters. The zero-order chi connectivity index (χ0) is 15.7. The van der Waals surface area contributed by atoms with Gasteiger partial charge < -0.3 is 28.3 Å². The predicted molar refractivity (Wildman–Crippen MR) is 77.9 cm³/mol. The lowest BCUT2D eigenvalue weighted by molar-refractivity contribution is -0.138. The minimum Gasteiger partial charge on any atom is -0.370 e. The summed E-state index contributed by atoms with van der Waals surface area (Å²) in [5.41, 5.74) is 20.8. The van der Waals surface area contributed by atoms with Crippen molar-refractivity contribution in [2.24, 2.45) is 27.9 Å². The van der Waals surface area contributed by atoms with Crippen LogP contribution in [0.25, 0.3) is 0 Å². The van der Waals surface area contributed by atoms with Gasteiger partial charge in [0.25, 0.3) is 5.91 Å². The zero-order valence-electron chi connectivity index (χ0n) is 10.9. The number of nitrogens with two attached hydrogens (primary N) is 4. The van der Waals surface area contributed by atoms with Gasteiger partial charge >= 0.3 is 0 Å². The van der Waals surface area contributed by atoms with Gasteiger partial charge in [0.1, 0.15) is 6.04 Å². The van der Waals surface area contributed by atoms with Gasteiger partial charge in [-0.15, -0.1) is 0 Å². The Kier molecular flexibility index (Phi) is 8.32. The second kappa shape index (κ2) is 9.15. The minimum absolute atomic E-state index is 0.0368. The molecule has 10 heteroatoms. The molecule has 0 aromatic rings. The van der Waals surface area contributed by atoms with Gasteiger partial charge in [-0.25, -0.2) is 0 Å². The molecule has 20 heavy (non-hydrogen) atoms. The van der Waals surface area contributed by atoms with Crippen LogP contribution >= 0.6 is 12.6 Å². The van der Waals surface area contributed by atoms with Gasteiger partial charge in [0.05, 0.1) is 6.04 Å². The van der Waals surface area contributed by atoms with E-state index in [2.05, 4.69) is 22.9 Å². The smallest absolute Gasteiger partial charge is 0.287 e. The number of aliphatic imine (C=N–C) groups is 1. The van der Waals surface area contributed by atoms with E-state index in [4.69, 9.17) is 22.9 Å². The highest BCUT2D eigenvalue weighted by molar-refractivity contribution is 7.80. The van der Waals surface area contributed by atoms with Crippen molar-refractivity contribution in [2.45, 2.75) is 24.9 Å². The molecule has 0 aliphatic carbocycles. The fourth-order valence-corrected chi connectivity index (χ4v) is 1.55. The van der Waals surface area contributed by atoms with E-state index < -0.39 is 29.7 Å². The molecule has 0 aromatic carbocycles. The third kappa shape index (κ3) is 6.95. The lowest BCUT2D eigenvalue weighted by Crippen LogP contribution is -2.52. The van der Waals surface area contributed by atoms with E-state index in [1.165, 1.54) is 0 Å². The number of thiol groups is 1. The average molecular weight is 304 g/mol. The Bertz CT molecular complexity index is 396. The van der Waals surface area contributed by atoms with Crippen molar-refractivity contribution in [1.29, 1.82) is 0 Å². The van der Waals surface area contributed by atoms with E-state index in [1.807, 2.05) is 0 Å². The number of ketones is 1. The quantitative estimate of drug-likeness (QED) is 0.0859. The fraction of sp³-hybridized carbons (Fsp3) is 0.600. The molecule has 0 saturated heterocycles. The van der Waals surface area contributed by atoms with Gasteiger partial charge in [0.15, 0.2) is 5.96 Å². The molecular weight excluding hydrogens is 284 g/mol. The summed E-state index contributed by atoms with van der Waals surface area (Å²) in [5.74, 6) is -2.70. The standard InChI is InChI=1S/C10H20N6O3S/c11-5(2-1-3-15-10(13)14)9(19)16-6(4-20)7(17)8(12)18/h5-6,20H,1-4,11H2,(H2,12,18)(H,16,19)(H4,13,14,15)/t5-,6-/m0/s1. The summed E-state index contributed by atoms with van der Waals surface area (Å²) < 4.78 is 0. The number of nitrogens with zero attached hydrogens (tertiary/aromatic N) is 1. The van der Waals surface area contributed by atoms with Gasteiger partial charge in [-0.2, -0.15) is 12.6 Å². The Hall–Kier alpha value is -1.81. The monoisotopic (exact) mass is 304 g/mol. The second-order valence-corrected chi connectivity index (χ2v) is 4.39. The Morgan fingerprint density at radius 2 is 1.80 bits per heavy atom. The molecule has 0 rings (SSSR count). The van der Waals surface area contributed by atoms with Crippen molar-refractivity contribution in [3.8, 4) is 0 Å². The maximum atomic E-state index is 11.7.